The van der Waals surface area contributed by atoms with Crippen LogP contribution in [0.2, 0.25) is 0 Å². The van der Waals surface area contributed by atoms with Crippen LogP contribution in [0.25, 0.3) is 0 Å². The number of halogens is 1. The minimum atomic E-state index is -1.12. The van der Waals surface area contributed by atoms with Crippen molar-refractivity contribution in [2.24, 2.45) is 5.73 Å². The molecular weight excluding hydrogens is 307 g/mol. The number of H-pyrrole nitrogens is 1. The second kappa shape index (κ2) is 6.23. The summed E-state index contributed by atoms with van der Waals surface area (Å²) in [6.07, 6.45) is 4.96. The lowest BCUT2D eigenvalue weighted by Crippen LogP contribution is -2.44. The van der Waals surface area contributed by atoms with Crippen molar-refractivity contribution in [1.82, 2.24) is 15.2 Å². The van der Waals surface area contributed by atoms with Gasteiger partial charge in [-0.1, -0.05) is 18.2 Å². The van der Waals surface area contributed by atoms with Gasteiger partial charge in [-0.2, -0.15) is 5.10 Å². The largest absolute Gasteiger partial charge is 0.369 e. The van der Waals surface area contributed by atoms with Gasteiger partial charge in [0.15, 0.2) is 0 Å². The molecule has 0 bridgehead atoms. The number of nitrogens with one attached hydrogen (secondary N) is 1. The number of aromatic amines is 1. The first-order valence-corrected chi connectivity index (χ1v) is 7.49. The van der Waals surface area contributed by atoms with Crippen LogP contribution >= 0.6 is 0 Å². The lowest BCUT2D eigenvalue weighted by atomic mass is 9.68. The van der Waals surface area contributed by atoms with Crippen LogP contribution in [0, 0.1) is 5.82 Å². The first-order valence-electron chi connectivity index (χ1n) is 7.49. The first kappa shape index (κ1) is 15.9. The molecule has 0 aliphatic carbocycles. The van der Waals surface area contributed by atoms with Gasteiger partial charge in [-0.3, -0.25) is 14.9 Å². The van der Waals surface area contributed by atoms with Gasteiger partial charge in [0.1, 0.15) is 5.82 Å². The highest BCUT2D eigenvalue weighted by Crippen LogP contribution is 2.42. The van der Waals surface area contributed by atoms with E-state index in [4.69, 9.17) is 5.73 Å². The van der Waals surface area contributed by atoms with Gasteiger partial charge in [0.05, 0.1) is 17.3 Å². The number of hydrogen-bond acceptors (Lipinski definition) is 3. The Kier molecular flexibility index (Phi) is 4.12. The Morgan fingerprint density at radius 3 is 2.50 bits per heavy atom. The summed E-state index contributed by atoms with van der Waals surface area (Å²) in [7, 11) is 0. The number of primary amides is 1. The zero-order valence-electron chi connectivity index (χ0n) is 13.1. The summed E-state index contributed by atoms with van der Waals surface area (Å²) < 4.78 is 13.3. The van der Waals surface area contributed by atoms with Gasteiger partial charge in [0.25, 0.3) is 0 Å². The molecule has 2 heterocycles. The Balaban J connectivity index is 2.23. The van der Waals surface area contributed by atoms with Gasteiger partial charge in [-0.25, -0.2) is 4.39 Å². The van der Waals surface area contributed by atoms with Crippen LogP contribution in [-0.2, 0) is 10.2 Å². The van der Waals surface area contributed by atoms with Crippen LogP contribution in [0.1, 0.15) is 29.7 Å². The van der Waals surface area contributed by atoms with Gasteiger partial charge in [-0.05, 0) is 42.3 Å². The quantitative estimate of drug-likeness (QED) is 0.756. The smallest absolute Gasteiger partial charge is 0.230 e. The molecule has 1 aromatic carbocycles. The maximum Gasteiger partial charge on any atom is 0.230 e. The molecule has 3 rings (SSSR count). The maximum absolute atomic E-state index is 13.3. The van der Waals surface area contributed by atoms with Crippen molar-refractivity contribution < 1.29 is 9.18 Å². The number of benzene rings is 1. The van der Waals surface area contributed by atoms with E-state index < -0.39 is 17.2 Å². The monoisotopic (exact) mass is 324 g/mol. The van der Waals surface area contributed by atoms with Gasteiger partial charge in [-0.15, -0.1) is 0 Å². The van der Waals surface area contributed by atoms with Crippen molar-refractivity contribution in [2.45, 2.75) is 18.3 Å². The summed E-state index contributed by atoms with van der Waals surface area (Å²) in [4.78, 5) is 16.8. The Morgan fingerprint density at radius 1 is 1.21 bits per heavy atom. The molecule has 0 radical (unpaired) electrons. The van der Waals surface area contributed by atoms with Crippen molar-refractivity contribution in [2.75, 3.05) is 0 Å². The molecule has 2 aromatic heterocycles. The van der Waals surface area contributed by atoms with Crippen LogP contribution in [0.3, 0.4) is 0 Å². The van der Waals surface area contributed by atoms with E-state index in [9.17, 15) is 9.18 Å². The fraction of sp³-hybridized carbons (Fsp3) is 0.167. The van der Waals surface area contributed by atoms with E-state index in [2.05, 4.69) is 15.2 Å². The van der Waals surface area contributed by atoms with Gasteiger partial charge < -0.3 is 5.73 Å². The molecule has 0 saturated carbocycles. The molecule has 2 atom stereocenters. The Labute approximate surface area is 138 Å². The molecule has 0 aliphatic rings. The molecule has 0 saturated heterocycles. The van der Waals surface area contributed by atoms with Gasteiger partial charge in [0, 0.05) is 18.3 Å². The molecule has 3 aromatic rings. The number of pyridine rings is 1. The number of aromatic nitrogens is 3. The Morgan fingerprint density at radius 2 is 1.96 bits per heavy atom. The average Bonchev–Trinajstić information content (AvgIpc) is 3.11. The summed E-state index contributed by atoms with van der Waals surface area (Å²) in [5, 5.41) is 6.74. The van der Waals surface area contributed by atoms with Crippen molar-refractivity contribution in [3.8, 4) is 0 Å². The van der Waals surface area contributed by atoms with Crippen LogP contribution in [0.5, 0.6) is 0 Å². The Bertz CT molecular complexity index is 818. The number of nitrogens with zero attached hydrogens (tertiary/aromatic N) is 2. The summed E-state index contributed by atoms with van der Waals surface area (Å²) in [6.45, 7) is 1.75. The third-order valence-electron chi connectivity index (χ3n) is 4.34. The lowest BCUT2D eigenvalue weighted by Gasteiger charge is -2.34. The average molecular weight is 324 g/mol. The minimum Gasteiger partial charge on any atom is -0.369 e. The molecule has 1 amide bonds. The number of carbonyl (C=O) groups excluding carboxylic acids is 1. The van der Waals surface area contributed by atoms with E-state index >= 15 is 0 Å². The predicted octanol–water partition coefficient (Wildman–Crippen LogP) is 2.52. The molecule has 0 aliphatic heterocycles. The highest BCUT2D eigenvalue weighted by molar-refractivity contribution is 5.88. The molecule has 6 heteroatoms. The van der Waals surface area contributed by atoms with Crippen LogP contribution in [0.4, 0.5) is 4.39 Å². The summed E-state index contributed by atoms with van der Waals surface area (Å²) in [5.41, 5.74) is 6.75. The minimum absolute atomic E-state index is 0.344. The molecule has 0 spiro atoms. The fourth-order valence-electron chi connectivity index (χ4n) is 3.02. The normalized spacial score (nSPS) is 14.8. The van der Waals surface area contributed by atoms with Crippen molar-refractivity contribution in [3.63, 3.8) is 0 Å². The molecule has 0 fully saturated rings. The van der Waals surface area contributed by atoms with Crippen molar-refractivity contribution in [1.29, 1.82) is 0 Å². The summed E-state index contributed by atoms with van der Waals surface area (Å²) in [6, 6.07) is 11.4. The second-order valence-electron chi connectivity index (χ2n) is 5.80. The van der Waals surface area contributed by atoms with Gasteiger partial charge in [0.2, 0.25) is 5.91 Å². The molecule has 5 nitrogen and oxygen atoms in total. The van der Waals surface area contributed by atoms with E-state index in [0.717, 1.165) is 11.1 Å². The highest BCUT2D eigenvalue weighted by atomic mass is 19.1. The summed E-state index contributed by atoms with van der Waals surface area (Å²) in [5.74, 6) is -1.32. The fourth-order valence-corrected chi connectivity index (χ4v) is 3.02. The second-order valence-corrected chi connectivity index (χ2v) is 5.80. The number of carbonyl (C=O) groups is 1. The Hall–Kier alpha value is -3.02. The standard InChI is InChI=1S/C18H17FN4O/c1-18(17(20)24,15-4-2-3-9-21-15)16(13-10-22-23-11-13)12-5-7-14(19)8-6-12/h2-11,16H,1H3,(H2,20,24)(H,22,23). The molecule has 3 N–H and O–H groups in total. The van der Waals surface area contributed by atoms with Crippen molar-refractivity contribution >= 4 is 5.91 Å². The van der Waals surface area contributed by atoms with Crippen LogP contribution < -0.4 is 5.73 Å². The van der Waals surface area contributed by atoms with E-state index in [1.807, 2.05) is 0 Å². The third kappa shape index (κ3) is 2.67. The SMILES string of the molecule is CC(C(N)=O)(c1ccccn1)C(c1ccc(F)cc1)c1cn[nH]c1. The number of rotatable bonds is 5. The zero-order valence-corrected chi connectivity index (χ0v) is 13.1. The summed E-state index contributed by atoms with van der Waals surface area (Å²) >= 11 is 0. The molecule has 122 valence electrons. The van der Waals surface area contributed by atoms with Gasteiger partial charge >= 0.3 is 0 Å². The number of nitrogens with two attached hydrogens (primary N) is 1. The van der Waals surface area contributed by atoms with Crippen LogP contribution in [-0.4, -0.2) is 21.1 Å². The number of hydrogen-bond donors (Lipinski definition) is 2. The van der Waals surface area contributed by atoms with Crippen molar-refractivity contribution in [3.05, 3.63) is 83.7 Å². The molecule has 24 heavy (non-hydrogen) atoms. The molecular formula is C18H17FN4O. The lowest BCUT2D eigenvalue weighted by molar-refractivity contribution is -0.123. The van der Waals surface area contributed by atoms with E-state index in [1.165, 1.54) is 12.1 Å². The predicted molar refractivity (Wildman–Crippen MR) is 87.6 cm³/mol. The maximum atomic E-state index is 13.3. The van der Waals surface area contributed by atoms with E-state index in [0.29, 0.717) is 5.69 Å². The van der Waals surface area contributed by atoms with Crippen LogP contribution in [0.15, 0.2) is 61.1 Å². The first-order chi connectivity index (χ1) is 11.5. The molecule has 2 unspecified atom stereocenters. The van der Waals surface area contributed by atoms with E-state index in [1.54, 1.807) is 55.8 Å². The number of amides is 1. The third-order valence-corrected chi connectivity index (χ3v) is 4.34. The zero-order chi connectivity index (χ0) is 17.2. The highest BCUT2D eigenvalue weighted by Gasteiger charge is 2.44. The van der Waals surface area contributed by atoms with E-state index in [-0.39, 0.29) is 5.82 Å². The topological polar surface area (TPSA) is 84.7 Å².